The summed E-state index contributed by atoms with van der Waals surface area (Å²) in [7, 11) is 0. The van der Waals surface area contributed by atoms with Gasteiger partial charge in [-0.2, -0.15) is 0 Å². The molecule has 2 aromatic rings. The first-order valence-corrected chi connectivity index (χ1v) is 5.85. The summed E-state index contributed by atoms with van der Waals surface area (Å²) in [5, 5.41) is 0. The van der Waals surface area contributed by atoms with E-state index in [-0.39, 0.29) is 0 Å². The zero-order chi connectivity index (χ0) is 12.5. The molecule has 2 heteroatoms. The van der Waals surface area contributed by atoms with E-state index in [1.165, 1.54) is 5.56 Å². The molecule has 0 aliphatic carbocycles. The van der Waals surface area contributed by atoms with E-state index in [1.54, 1.807) is 6.08 Å². The lowest BCUT2D eigenvalue weighted by atomic mass is 10.1. The Hall–Kier alpha value is -2.35. The van der Waals surface area contributed by atoms with E-state index in [9.17, 15) is 0 Å². The van der Waals surface area contributed by atoms with Crippen molar-refractivity contribution in [2.75, 3.05) is 0 Å². The Morgan fingerprint density at radius 3 is 2.83 bits per heavy atom. The van der Waals surface area contributed by atoms with Gasteiger partial charge in [-0.3, -0.25) is 4.99 Å². The molecule has 0 spiro atoms. The van der Waals surface area contributed by atoms with Crippen molar-refractivity contribution in [3.63, 3.8) is 0 Å². The average molecular weight is 235 g/mol. The lowest BCUT2D eigenvalue weighted by Gasteiger charge is -2.09. The fourth-order valence-corrected chi connectivity index (χ4v) is 1.94. The standard InChI is InChI=1S/C16H13NO/c1-3-12-5-7-14-16(9-12)18-15-8-11(2)4-6-13(15)10-17-14/h3-10H,1H2,2H3. The molecule has 0 N–H and O–H groups in total. The molecule has 2 nitrogen and oxygen atoms in total. The van der Waals surface area contributed by atoms with E-state index in [0.29, 0.717) is 0 Å². The quantitative estimate of drug-likeness (QED) is 0.608. The molecule has 2 aromatic carbocycles. The van der Waals surface area contributed by atoms with Crippen molar-refractivity contribution < 1.29 is 4.74 Å². The topological polar surface area (TPSA) is 21.6 Å². The molecule has 0 unspecified atom stereocenters. The molecule has 1 aliphatic heterocycles. The Labute approximate surface area is 106 Å². The second kappa shape index (κ2) is 4.15. The van der Waals surface area contributed by atoms with Crippen LogP contribution >= 0.6 is 0 Å². The third-order valence-electron chi connectivity index (χ3n) is 2.95. The first-order chi connectivity index (χ1) is 8.76. The number of benzene rings is 2. The molecule has 3 rings (SSSR count). The summed E-state index contributed by atoms with van der Waals surface area (Å²) in [6.45, 7) is 5.82. The molecule has 88 valence electrons. The molecule has 0 bridgehead atoms. The molecule has 1 heterocycles. The van der Waals surface area contributed by atoms with Crippen molar-refractivity contribution in [1.29, 1.82) is 0 Å². The number of fused-ring (bicyclic) bond motifs is 2. The second-order valence-electron chi connectivity index (χ2n) is 4.33. The van der Waals surface area contributed by atoms with Gasteiger partial charge in [-0.1, -0.05) is 24.8 Å². The summed E-state index contributed by atoms with van der Waals surface area (Å²) in [4.78, 5) is 4.45. The number of hydrogen-bond donors (Lipinski definition) is 0. The molecule has 1 aliphatic rings. The highest BCUT2D eigenvalue weighted by atomic mass is 16.5. The van der Waals surface area contributed by atoms with E-state index in [2.05, 4.69) is 17.6 Å². The Balaban J connectivity index is 2.15. The minimum atomic E-state index is 0.771. The van der Waals surface area contributed by atoms with E-state index >= 15 is 0 Å². The molecule has 0 fully saturated rings. The maximum Gasteiger partial charge on any atom is 0.153 e. The van der Waals surface area contributed by atoms with Crippen LogP contribution in [0, 0.1) is 6.92 Å². The minimum Gasteiger partial charge on any atom is -0.454 e. The smallest absolute Gasteiger partial charge is 0.153 e. The van der Waals surface area contributed by atoms with Gasteiger partial charge in [-0.15, -0.1) is 0 Å². The third kappa shape index (κ3) is 1.82. The monoisotopic (exact) mass is 235 g/mol. The molecule has 0 radical (unpaired) electrons. The van der Waals surface area contributed by atoms with Crippen molar-refractivity contribution in [2.45, 2.75) is 6.92 Å². The third-order valence-corrected chi connectivity index (χ3v) is 2.95. The Morgan fingerprint density at radius 1 is 1.11 bits per heavy atom. The highest BCUT2D eigenvalue weighted by molar-refractivity contribution is 5.88. The van der Waals surface area contributed by atoms with E-state index in [4.69, 9.17) is 4.74 Å². The molecular weight excluding hydrogens is 222 g/mol. The van der Waals surface area contributed by atoms with E-state index in [1.807, 2.05) is 43.5 Å². The lowest BCUT2D eigenvalue weighted by molar-refractivity contribution is 0.484. The zero-order valence-corrected chi connectivity index (χ0v) is 10.2. The molecule has 0 atom stereocenters. The molecule has 0 saturated heterocycles. The van der Waals surface area contributed by atoms with Crippen LogP contribution in [0.2, 0.25) is 0 Å². The summed E-state index contributed by atoms with van der Waals surface area (Å²) in [5.74, 6) is 1.62. The minimum absolute atomic E-state index is 0.771. The molecule has 0 saturated carbocycles. The van der Waals surface area contributed by atoms with Gasteiger partial charge < -0.3 is 4.74 Å². The van der Waals surface area contributed by atoms with E-state index in [0.717, 1.165) is 28.3 Å². The highest BCUT2D eigenvalue weighted by Crippen LogP contribution is 2.37. The first kappa shape index (κ1) is 10.8. The van der Waals surface area contributed by atoms with Gasteiger partial charge in [0.25, 0.3) is 0 Å². The van der Waals surface area contributed by atoms with Crippen molar-refractivity contribution in [3.05, 3.63) is 59.7 Å². The Kier molecular flexibility index (Phi) is 2.49. The van der Waals surface area contributed by atoms with Crippen molar-refractivity contribution >= 4 is 18.0 Å². The first-order valence-electron chi connectivity index (χ1n) is 5.85. The largest absolute Gasteiger partial charge is 0.454 e. The van der Waals surface area contributed by atoms with Crippen LogP contribution in [0.25, 0.3) is 6.08 Å². The van der Waals surface area contributed by atoms with Gasteiger partial charge in [0.2, 0.25) is 0 Å². The van der Waals surface area contributed by atoms with Gasteiger partial charge in [0, 0.05) is 11.8 Å². The second-order valence-corrected chi connectivity index (χ2v) is 4.33. The summed E-state index contributed by atoms with van der Waals surface area (Å²) in [6, 6.07) is 12.0. The van der Waals surface area contributed by atoms with Gasteiger partial charge in [0.15, 0.2) is 5.75 Å². The fourth-order valence-electron chi connectivity index (χ4n) is 1.94. The van der Waals surface area contributed by atoms with Crippen LogP contribution in [-0.2, 0) is 0 Å². The van der Waals surface area contributed by atoms with Crippen molar-refractivity contribution in [1.82, 2.24) is 0 Å². The summed E-state index contributed by atoms with van der Waals surface area (Å²) in [5.41, 5.74) is 4.04. The van der Waals surface area contributed by atoms with Gasteiger partial charge in [-0.25, -0.2) is 0 Å². The van der Waals surface area contributed by atoms with Crippen molar-refractivity contribution in [2.24, 2.45) is 4.99 Å². The Bertz CT molecular complexity index is 656. The number of nitrogens with zero attached hydrogens (tertiary/aromatic N) is 1. The normalized spacial score (nSPS) is 12.1. The number of rotatable bonds is 1. The van der Waals surface area contributed by atoms with Gasteiger partial charge in [-0.05, 0) is 42.3 Å². The van der Waals surface area contributed by atoms with Crippen LogP contribution in [0.5, 0.6) is 11.5 Å². The number of aryl methyl sites for hydroxylation is 1. The van der Waals surface area contributed by atoms with Crippen LogP contribution in [-0.4, -0.2) is 6.21 Å². The zero-order valence-electron chi connectivity index (χ0n) is 10.2. The predicted molar refractivity (Wildman–Crippen MR) is 75.0 cm³/mol. The van der Waals surface area contributed by atoms with Crippen LogP contribution in [0.4, 0.5) is 5.69 Å². The average Bonchev–Trinajstić information content (AvgIpc) is 2.56. The highest BCUT2D eigenvalue weighted by Gasteiger charge is 2.11. The SMILES string of the molecule is C=Cc1ccc2c(c1)Oc1cc(C)ccc1C=N2. The van der Waals surface area contributed by atoms with Gasteiger partial charge >= 0.3 is 0 Å². The summed E-state index contributed by atoms with van der Waals surface area (Å²) in [6.07, 6.45) is 3.64. The summed E-state index contributed by atoms with van der Waals surface area (Å²) >= 11 is 0. The van der Waals surface area contributed by atoms with Gasteiger partial charge in [0.05, 0.1) is 0 Å². The molecule has 0 amide bonds. The number of aliphatic imine (C=N–C) groups is 1. The van der Waals surface area contributed by atoms with E-state index < -0.39 is 0 Å². The van der Waals surface area contributed by atoms with Crippen LogP contribution in [0.3, 0.4) is 0 Å². The molecule has 18 heavy (non-hydrogen) atoms. The lowest BCUT2D eigenvalue weighted by Crippen LogP contribution is -1.89. The maximum absolute atomic E-state index is 5.95. The molecule has 0 aromatic heterocycles. The van der Waals surface area contributed by atoms with Crippen LogP contribution in [0.1, 0.15) is 16.7 Å². The van der Waals surface area contributed by atoms with Crippen LogP contribution < -0.4 is 4.74 Å². The number of ether oxygens (including phenoxy) is 1. The van der Waals surface area contributed by atoms with Crippen LogP contribution in [0.15, 0.2) is 48.0 Å². The van der Waals surface area contributed by atoms with Gasteiger partial charge in [0.1, 0.15) is 11.4 Å². The Morgan fingerprint density at radius 2 is 2.00 bits per heavy atom. The molecular formula is C16H13NO. The number of hydrogen-bond acceptors (Lipinski definition) is 2. The fraction of sp³-hybridized carbons (Fsp3) is 0.0625. The van der Waals surface area contributed by atoms with Crippen molar-refractivity contribution in [3.8, 4) is 11.5 Å². The maximum atomic E-state index is 5.95. The predicted octanol–water partition coefficient (Wildman–Crippen LogP) is 4.49. The summed E-state index contributed by atoms with van der Waals surface area (Å²) < 4.78 is 5.95.